The van der Waals surface area contributed by atoms with Gasteiger partial charge >= 0.3 is 0 Å². The fraction of sp³-hybridized carbons (Fsp3) is 0.182. The summed E-state index contributed by atoms with van der Waals surface area (Å²) in [6.07, 6.45) is 5.07. The van der Waals surface area contributed by atoms with Gasteiger partial charge in [0.2, 0.25) is 0 Å². The van der Waals surface area contributed by atoms with Gasteiger partial charge in [-0.05, 0) is 34.5 Å². The molecule has 6 heteroatoms. The Morgan fingerprint density at radius 3 is 3.00 bits per heavy atom. The molecule has 5 nitrogen and oxygen atoms in total. The zero-order valence-corrected chi connectivity index (χ0v) is 10.7. The van der Waals surface area contributed by atoms with E-state index >= 15 is 0 Å². The van der Waals surface area contributed by atoms with Crippen LogP contribution in [0.15, 0.2) is 40.0 Å². The number of hydrogen-bond acceptors (Lipinski definition) is 4. The summed E-state index contributed by atoms with van der Waals surface area (Å²) in [4.78, 5) is 15.4. The number of hydrogen-bond donors (Lipinski definition) is 2. The first-order chi connectivity index (χ1) is 8.18. The first-order valence-corrected chi connectivity index (χ1v) is 5.87. The summed E-state index contributed by atoms with van der Waals surface area (Å²) in [5.41, 5.74) is 1.44. The van der Waals surface area contributed by atoms with Crippen molar-refractivity contribution in [1.29, 1.82) is 0 Å². The molecule has 0 fully saturated rings. The summed E-state index contributed by atoms with van der Waals surface area (Å²) in [5, 5.41) is 9.29. The van der Waals surface area contributed by atoms with Crippen molar-refractivity contribution in [3.8, 4) is 0 Å². The Bertz CT molecular complexity index is 555. The largest absolute Gasteiger partial charge is 0.376 e. The number of aromatic amines is 1. The van der Waals surface area contributed by atoms with Gasteiger partial charge in [-0.3, -0.25) is 9.78 Å². The van der Waals surface area contributed by atoms with Crippen LogP contribution < -0.4 is 10.9 Å². The molecule has 2 rings (SSSR count). The molecule has 0 aliphatic heterocycles. The SMILES string of the molecule is CC(Nc1cn[nH]c(=O)c1Br)c1cccnc1. The predicted octanol–water partition coefficient (Wildman–Crippen LogP) is 2.10. The van der Waals surface area contributed by atoms with Gasteiger partial charge in [0.05, 0.1) is 17.9 Å². The minimum Gasteiger partial charge on any atom is -0.376 e. The lowest BCUT2D eigenvalue weighted by Gasteiger charge is -2.15. The zero-order valence-electron chi connectivity index (χ0n) is 9.14. The number of rotatable bonds is 3. The van der Waals surface area contributed by atoms with E-state index < -0.39 is 0 Å². The molecule has 17 heavy (non-hydrogen) atoms. The van der Waals surface area contributed by atoms with Crippen LogP contribution >= 0.6 is 15.9 Å². The maximum absolute atomic E-state index is 11.3. The number of nitrogens with one attached hydrogen (secondary N) is 2. The van der Waals surface area contributed by atoms with E-state index in [1.807, 2.05) is 19.1 Å². The second kappa shape index (κ2) is 5.09. The molecule has 0 spiro atoms. The summed E-state index contributed by atoms with van der Waals surface area (Å²) in [6, 6.07) is 3.89. The van der Waals surface area contributed by atoms with Crippen LogP contribution in [0.1, 0.15) is 18.5 Å². The topological polar surface area (TPSA) is 70.7 Å². The zero-order chi connectivity index (χ0) is 12.3. The van der Waals surface area contributed by atoms with Crippen molar-refractivity contribution in [2.24, 2.45) is 0 Å². The number of aromatic nitrogens is 3. The van der Waals surface area contributed by atoms with Crippen LogP contribution in [0.2, 0.25) is 0 Å². The quantitative estimate of drug-likeness (QED) is 0.909. The minimum absolute atomic E-state index is 0.0450. The maximum atomic E-state index is 11.3. The van der Waals surface area contributed by atoms with Crippen molar-refractivity contribution in [3.05, 3.63) is 51.1 Å². The summed E-state index contributed by atoms with van der Waals surface area (Å²) < 4.78 is 0.447. The lowest BCUT2D eigenvalue weighted by Crippen LogP contribution is -2.14. The Kier molecular flexibility index (Phi) is 3.53. The standard InChI is InChI=1S/C11H11BrN4O/c1-7(8-3-2-4-13-5-8)15-9-6-14-16-11(17)10(9)12/h2-7H,1H3,(H2,15,16,17). The molecular weight excluding hydrogens is 284 g/mol. The molecule has 1 atom stereocenters. The van der Waals surface area contributed by atoms with Crippen LogP contribution in [0.4, 0.5) is 5.69 Å². The van der Waals surface area contributed by atoms with E-state index in [1.165, 1.54) is 0 Å². The molecule has 2 aromatic rings. The molecule has 0 aliphatic rings. The molecule has 88 valence electrons. The highest BCUT2D eigenvalue weighted by Gasteiger charge is 2.09. The average molecular weight is 295 g/mol. The van der Waals surface area contributed by atoms with Gasteiger partial charge in [0.15, 0.2) is 0 Å². The van der Waals surface area contributed by atoms with Crippen LogP contribution in [0.3, 0.4) is 0 Å². The van der Waals surface area contributed by atoms with Gasteiger partial charge in [0.25, 0.3) is 5.56 Å². The van der Waals surface area contributed by atoms with Crippen molar-refractivity contribution >= 4 is 21.6 Å². The van der Waals surface area contributed by atoms with E-state index in [0.717, 1.165) is 5.56 Å². The van der Waals surface area contributed by atoms with Crippen molar-refractivity contribution in [3.63, 3.8) is 0 Å². The first kappa shape index (κ1) is 11.8. The smallest absolute Gasteiger partial charge is 0.280 e. The van der Waals surface area contributed by atoms with Gasteiger partial charge in [-0.15, -0.1) is 0 Å². The van der Waals surface area contributed by atoms with Gasteiger partial charge < -0.3 is 5.32 Å². The summed E-state index contributed by atoms with van der Waals surface area (Å²) in [6.45, 7) is 1.99. The lowest BCUT2D eigenvalue weighted by molar-refractivity contribution is 0.864. The third-order valence-electron chi connectivity index (χ3n) is 2.35. The molecule has 0 aliphatic carbocycles. The predicted molar refractivity (Wildman–Crippen MR) is 68.8 cm³/mol. The fourth-order valence-electron chi connectivity index (χ4n) is 1.43. The lowest BCUT2D eigenvalue weighted by atomic mass is 10.1. The van der Waals surface area contributed by atoms with Crippen molar-refractivity contribution in [2.75, 3.05) is 5.32 Å². The van der Waals surface area contributed by atoms with E-state index in [0.29, 0.717) is 10.2 Å². The molecule has 0 amide bonds. The van der Waals surface area contributed by atoms with Gasteiger partial charge in [-0.2, -0.15) is 5.10 Å². The van der Waals surface area contributed by atoms with Crippen LogP contribution in [0, 0.1) is 0 Å². The molecule has 0 radical (unpaired) electrons. The van der Waals surface area contributed by atoms with Crippen LogP contribution in [-0.2, 0) is 0 Å². The van der Waals surface area contributed by atoms with Gasteiger partial charge in [0.1, 0.15) is 4.47 Å². The van der Waals surface area contributed by atoms with E-state index in [-0.39, 0.29) is 11.6 Å². The van der Waals surface area contributed by atoms with Crippen molar-refractivity contribution in [1.82, 2.24) is 15.2 Å². The average Bonchev–Trinajstić information content (AvgIpc) is 2.36. The number of H-pyrrole nitrogens is 1. The van der Waals surface area contributed by atoms with Gasteiger partial charge in [-0.25, -0.2) is 5.10 Å². The van der Waals surface area contributed by atoms with Crippen LogP contribution in [0.25, 0.3) is 0 Å². The Hall–Kier alpha value is -1.69. The highest BCUT2D eigenvalue weighted by molar-refractivity contribution is 9.10. The normalized spacial score (nSPS) is 12.1. The molecule has 2 aromatic heterocycles. The Morgan fingerprint density at radius 1 is 1.47 bits per heavy atom. The molecule has 1 unspecified atom stereocenters. The number of halogens is 1. The highest BCUT2D eigenvalue weighted by atomic mass is 79.9. The number of anilines is 1. The minimum atomic E-state index is -0.256. The molecule has 0 saturated carbocycles. The van der Waals surface area contributed by atoms with E-state index in [4.69, 9.17) is 0 Å². The fourth-order valence-corrected chi connectivity index (χ4v) is 1.74. The highest BCUT2D eigenvalue weighted by Crippen LogP contribution is 2.21. The van der Waals surface area contributed by atoms with E-state index in [9.17, 15) is 4.79 Å². The summed E-state index contributed by atoms with van der Waals surface area (Å²) >= 11 is 3.22. The Morgan fingerprint density at radius 2 is 2.29 bits per heavy atom. The van der Waals surface area contributed by atoms with E-state index in [1.54, 1.807) is 18.6 Å². The Labute approximate surface area is 106 Å². The molecule has 0 saturated heterocycles. The number of nitrogens with zero attached hydrogens (tertiary/aromatic N) is 2. The Balaban J connectivity index is 2.22. The second-order valence-electron chi connectivity index (χ2n) is 3.58. The number of pyridine rings is 1. The van der Waals surface area contributed by atoms with Crippen molar-refractivity contribution < 1.29 is 0 Å². The third kappa shape index (κ3) is 2.71. The molecular formula is C11H11BrN4O. The van der Waals surface area contributed by atoms with Crippen LogP contribution in [0.5, 0.6) is 0 Å². The molecule has 0 aromatic carbocycles. The van der Waals surface area contributed by atoms with Gasteiger partial charge in [-0.1, -0.05) is 6.07 Å². The first-order valence-electron chi connectivity index (χ1n) is 5.08. The van der Waals surface area contributed by atoms with Gasteiger partial charge in [0, 0.05) is 12.4 Å². The molecule has 0 bridgehead atoms. The maximum Gasteiger partial charge on any atom is 0.280 e. The van der Waals surface area contributed by atoms with E-state index in [2.05, 4.69) is 36.4 Å². The molecule has 2 heterocycles. The van der Waals surface area contributed by atoms with Crippen molar-refractivity contribution in [2.45, 2.75) is 13.0 Å². The summed E-state index contributed by atoms with van der Waals surface area (Å²) in [5.74, 6) is 0. The third-order valence-corrected chi connectivity index (χ3v) is 3.14. The second-order valence-corrected chi connectivity index (χ2v) is 4.37. The van der Waals surface area contributed by atoms with Crippen LogP contribution in [-0.4, -0.2) is 15.2 Å². The summed E-state index contributed by atoms with van der Waals surface area (Å²) in [7, 11) is 0. The molecule has 2 N–H and O–H groups in total. The monoisotopic (exact) mass is 294 g/mol.